The molecule has 19 heavy (non-hydrogen) atoms. The highest BCUT2D eigenvalue weighted by atomic mass is 16.5. The number of hydrogen-bond acceptors (Lipinski definition) is 2. The smallest absolute Gasteiger partial charge is 0.119 e. The highest BCUT2D eigenvalue weighted by Gasteiger charge is 2.01. The second-order valence-electron chi connectivity index (χ2n) is 4.44. The molecule has 0 saturated carbocycles. The zero-order chi connectivity index (χ0) is 13.5. The Morgan fingerprint density at radius 3 is 2.05 bits per heavy atom. The van der Waals surface area contributed by atoms with E-state index in [1.54, 1.807) is 0 Å². The van der Waals surface area contributed by atoms with Gasteiger partial charge in [-0.2, -0.15) is 0 Å². The van der Waals surface area contributed by atoms with Crippen molar-refractivity contribution in [3.63, 3.8) is 0 Å². The predicted molar refractivity (Wildman–Crippen MR) is 80.8 cm³/mol. The maximum Gasteiger partial charge on any atom is 0.119 e. The van der Waals surface area contributed by atoms with Gasteiger partial charge in [0, 0.05) is 18.8 Å². The van der Waals surface area contributed by atoms with E-state index in [2.05, 4.69) is 43.0 Å². The molecule has 0 bridgehead atoms. The summed E-state index contributed by atoms with van der Waals surface area (Å²) in [6.45, 7) is 7.01. The molecular weight excluding hydrogens is 234 g/mol. The number of anilines is 1. The molecule has 2 nitrogen and oxygen atoms in total. The number of hydrogen-bond donors (Lipinski definition) is 0. The molecule has 2 heteroatoms. The zero-order valence-corrected chi connectivity index (χ0v) is 11.7. The van der Waals surface area contributed by atoms with Crippen molar-refractivity contribution in [2.24, 2.45) is 0 Å². The molecule has 0 N–H and O–H groups in total. The number of benzene rings is 2. The Morgan fingerprint density at radius 2 is 1.47 bits per heavy atom. The summed E-state index contributed by atoms with van der Waals surface area (Å²) in [6, 6.07) is 18.5. The third-order valence-electron chi connectivity index (χ3n) is 3.21. The predicted octanol–water partition coefficient (Wildman–Crippen LogP) is 4.11. The van der Waals surface area contributed by atoms with Gasteiger partial charge < -0.3 is 9.64 Å². The van der Waals surface area contributed by atoms with Crippen LogP contribution in [0.25, 0.3) is 0 Å². The molecule has 0 spiro atoms. The Balaban J connectivity index is 1.95. The molecule has 0 aliphatic rings. The van der Waals surface area contributed by atoms with Crippen molar-refractivity contribution in [1.82, 2.24) is 0 Å². The van der Waals surface area contributed by atoms with Crippen LogP contribution in [0.15, 0.2) is 54.6 Å². The van der Waals surface area contributed by atoms with E-state index in [0.717, 1.165) is 18.8 Å². The van der Waals surface area contributed by atoms with E-state index in [4.69, 9.17) is 4.74 Å². The van der Waals surface area contributed by atoms with Crippen LogP contribution in [-0.4, -0.2) is 13.1 Å². The number of ether oxygens (including phenoxy) is 1. The molecular formula is C17H21NO. The summed E-state index contributed by atoms with van der Waals surface area (Å²) in [7, 11) is 0. The van der Waals surface area contributed by atoms with E-state index in [9.17, 15) is 0 Å². The summed E-state index contributed by atoms with van der Waals surface area (Å²) in [5.74, 6) is 0.916. The van der Waals surface area contributed by atoms with Gasteiger partial charge in [0.25, 0.3) is 0 Å². The lowest BCUT2D eigenvalue weighted by Crippen LogP contribution is -2.21. The fourth-order valence-corrected chi connectivity index (χ4v) is 2.08. The Labute approximate surface area is 115 Å². The van der Waals surface area contributed by atoms with Gasteiger partial charge in [-0.3, -0.25) is 0 Å². The number of nitrogens with zero attached hydrogens (tertiary/aromatic N) is 1. The molecule has 0 aromatic heterocycles. The lowest BCUT2D eigenvalue weighted by Gasteiger charge is -2.21. The van der Waals surface area contributed by atoms with E-state index in [-0.39, 0.29) is 0 Å². The zero-order valence-electron chi connectivity index (χ0n) is 11.7. The normalized spacial score (nSPS) is 10.2. The minimum atomic E-state index is 0.617. The molecule has 0 aliphatic carbocycles. The van der Waals surface area contributed by atoms with Gasteiger partial charge in [0.2, 0.25) is 0 Å². The first kappa shape index (κ1) is 13.5. The topological polar surface area (TPSA) is 12.5 Å². The van der Waals surface area contributed by atoms with Crippen molar-refractivity contribution in [3.05, 3.63) is 60.2 Å². The fourth-order valence-electron chi connectivity index (χ4n) is 2.08. The summed E-state index contributed by atoms with van der Waals surface area (Å²) in [6.07, 6.45) is 0. The number of rotatable bonds is 6. The van der Waals surface area contributed by atoms with Crippen molar-refractivity contribution < 1.29 is 4.74 Å². The largest absolute Gasteiger partial charge is 0.489 e. The van der Waals surface area contributed by atoms with Crippen LogP contribution in [0.5, 0.6) is 5.75 Å². The first-order chi connectivity index (χ1) is 9.33. The van der Waals surface area contributed by atoms with Gasteiger partial charge in [-0.05, 0) is 43.7 Å². The van der Waals surface area contributed by atoms with E-state index >= 15 is 0 Å². The summed E-state index contributed by atoms with van der Waals surface area (Å²) in [5.41, 5.74) is 2.44. The maximum atomic E-state index is 5.78. The standard InChI is InChI=1S/C17H21NO/c1-3-18(4-2)16-10-12-17(13-11-16)19-14-15-8-6-5-7-9-15/h5-13H,3-4,14H2,1-2H3. The first-order valence-corrected chi connectivity index (χ1v) is 6.85. The van der Waals surface area contributed by atoms with E-state index < -0.39 is 0 Å². The third-order valence-corrected chi connectivity index (χ3v) is 3.21. The van der Waals surface area contributed by atoms with Crippen LogP contribution in [-0.2, 0) is 6.61 Å². The summed E-state index contributed by atoms with van der Waals surface area (Å²) in [4.78, 5) is 2.32. The van der Waals surface area contributed by atoms with Gasteiger partial charge in [0.1, 0.15) is 12.4 Å². The lowest BCUT2D eigenvalue weighted by molar-refractivity contribution is 0.306. The van der Waals surface area contributed by atoms with Crippen LogP contribution in [0.1, 0.15) is 19.4 Å². The maximum absolute atomic E-state index is 5.78. The second-order valence-corrected chi connectivity index (χ2v) is 4.44. The van der Waals surface area contributed by atoms with Crippen molar-refractivity contribution in [2.45, 2.75) is 20.5 Å². The Morgan fingerprint density at radius 1 is 0.842 bits per heavy atom. The minimum Gasteiger partial charge on any atom is -0.489 e. The van der Waals surface area contributed by atoms with Crippen molar-refractivity contribution in [2.75, 3.05) is 18.0 Å². The molecule has 2 aromatic carbocycles. The van der Waals surface area contributed by atoms with Gasteiger partial charge in [-0.25, -0.2) is 0 Å². The summed E-state index contributed by atoms with van der Waals surface area (Å²) < 4.78 is 5.78. The molecule has 0 aliphatic heterocycles. The third kappa shape index (κ3) is 3.75. The van der Waals surface area contributed by atoms with Crippen LogP contribution in [0.3, 0.4) is 0 Å². The Bertz CT molecular complexity index is 474. The van der Waals surface area contributed by atoms with Crippen molar-refractivity contribution in [3.8, 4) is 5.75 Å². The summed E-state index contributed by atoms with van der Waals surface area (Å²) in [5, 5.41) is 0. The van der Waals surface area contributed by atoms with Gasteiger partial charge in [-0.15, -0.1) is 0 Å². The van der Waals surface area contributed by atoms with Gasteiger partial charge in [0.05, 0.1) is 0 Å². The van der Waals surface area contributed by atoms with E-state index in [1.807, 2.05) is 30.3 Å². The minimum absolute atomic E-state index is 0.617. The van der Waals surface area contributed by atoms with E-state index in [0.29, 0.717) is 6.61 Å². The second kappa shape index (κ2) is 6.83. The van der Waals surface area contributed by atoms with Gasteiger partial charge >= 0.3 is 0 Å². The van der Waals surface area contributed by atoms with Crippen LogP contribution in [0.2, 0.25) is 0 Å². The van der Waals surface area contributed by atoms with E-state index in [1.165, 1.54) is 11.3 Å². The van der Waals surface area contributed by atoms with Crippen LogP contribution < -0.4 is 9.64 Å². The molecule has 0 amide bonds. The first-order valence-electron chi connectivity index (χ1n) is 6.85. The Hall–Kier alpha value is -1.96. The van der Waals surface area contributed by atoms with Gasteiger partial charge in [0.15, 0.2) is 0 Å². The molecule has 0 unspecified atom stereocenters. The molecule has 2 aromatic rings. The van der Waals surface area contributed by atoms with Crippen LogP contribution in [0.4, 0.5) is 5.69 Å². The average Bonchev–Trinajstić information content (AvgIpc) is 2.49. The molecule has 2 rings (SSSR count). The molecule has 0 saturated heterocycles. The van der Waals surface area contributed by atoms with Crippen molar-refractivity contribution >= 4 is 5.69 Å². The fraction of sp³-hybridized carbons (Fsp3) is 0.294. The average molecular weight is 255 g/mol. The molecule has 0 atom stereocenters. The SMILES string of the molecule is CCN(CC)c1ccc(OCc2ccccc2)cc1. The Kier molecular flexibility index (Phi) is 4.85. The van der Waals surface area contributed by atoms with Crippen molar-refractivity contribution in [1.29, 1.82) is 0 Å². The van der Waals surface area contributed by atoms with Crippen LogP contribution >= 0.6 is 0 Å². The molecule has 0 fully saturated rings. The van der Waals surface area contributed by atoms with Gasteiger partial charge in [-0.1, -0.05) is 30.3 Å². The summed E-state index contributed by atoms with van der Waals surface area (Å²) >= 11 is 0. The quantitative estimate of drug-likeness (QED) is 0.770. The molecule has 0 heterocycles. The monoisotopic (exact) mass is 255 g/mol. The molecule has 100 valence electrons. The highest BCUT2D eigenvalue weighted by molar-refractivity contribution is 5.48. The molecule has 0 radical (unpaired) electrons. The van der Waals surface area contributed by atoms with Crippen LogP contribution in [0, 0.1) is 0 Å². The highest BCUT2D eigenvalue weighted by Crippen LogP contribution is 2.20. The lowest BCUT2D eigenvalue weighted by atomic mass is 10.2.